The number of fused-ring (bicyclic) bond motifs is 2. The van der Waals surface area contributed by atoms with Crippen LogP contribution in [0, 0.1) is 25.2 Å². The number of carbonyl (C=O) groups excluding carboxylic acids is 1. The van der Waals surface area contributed by atoms with Crippen LogP contribution in [0.3, 0.4) is 0 Å². The van der Waals surface area contributed by atoms with Gasteiger partial charge >= 0.3 is 0 Å². The molecular weight excluding hydrogens is 412 g/mol. The van der Waals surface area contributed by atoms with E-state index in [4.69, 9.17) is 0 Å². The van der Waals surface area contributed by atoms with Crippen molar-refractivity contribution in [1.29, 1.82) is 5.26 Å². The number of nitrogens with one attached hydrogen (secondary N) is 1. The molecule has 5 rings (SSSR count). The van der Waals surface area contributed by atoms with E-state index in [1.807, 2.05) is 50.9 Å². The van der Waals surface area contributed by atoms with Crippen LogP contribution >= 0.6 is 0 Å². The monoisotopic (exact) mass is 440 g/mol. The molecule has 168 valence electrons. The average molecular weight is 441 g/mol. The van der Waals surface area contributed by atoms with Gasteiger partial charge in [-0.05, 0) is 69.9 Å². The van der Waals surface area contributed by atoms with Gasteiger partial charge in [-0.1, -0.05) is 12.1 Å². The van der Waals surface area contributed by atoms with Crippen LogP contribution in [0.4, 0.5) is 17.2 Å². The lowest BCUT2D eigenvalue weighted by Gasteiger charge is -2.40. The van der Waals surface area contributed by atoms with Gasteiger partial charge in [-0.2, -0.15) is 10.4 Å². The lowest BCUT2D eigenvalue weighted by Crippen LogP contribution is -2.51. The standard InChI is InChI=1S/C26H28N6O/c1-14-18(13-27)7-6-8-20(14)15(2)28-25-22-12-24-23(11-21(22)16(3)29-30-25)31(5)17(4)26(33)32(24)19-9-10-19/h6-8,11-12,15,17,19H,9-10H2,1-5H3,(H,28,30)/t15-,17?/m1/s1. The first-order valence-corrected chi connectivity index (χ1v) is 11.4. The van der Waals surface area contributed by atoms with Crippen LogP contribution in [0.25, 0.3) is 10.8 Å². The minimum absolute atomic E-state index is 0.0709. The maximum absolute atomic E-state index is 13.1. The van der Waals surface area contributed by atoms with Crippen molar-refractivity contribution in [3.05, 3.63) is 52.7 Å². The number of aryl methyl sites for hydroxylation is 1. The van der Waals surface area contributed by atoms with E-state index in [0.717, 1.165) is 51.8 Å². The summed E-state index contributed by atoms with van der Waals surface area (Å²) in [6.45, 7) is 7.96. The molecule has 2 aromatic carbocycles. The average Bonchev–Trinajstić information content (AvgIpc) is 3.64. The van der Waals surface area contributed by atoms with E-state index >= 15 is 0 Å². The van der Waals surface area contributed by atoms with E-state index in [1.165, 1.54) is 0 Å². The molecule has 2 heterocycles. The minimum atomic E-state index is -0.196. The van der Waals surface area contributed by atoms with E-state index in [2.05, 4.69) is 45.5 Å². The molecule has 1 amide bonds. The summed E-state index contributed by atoms with van der Waals surface area (Å²) < 4.78 is 0. The maximum atomic E-state index is 13.1. The van der Waals surface area contributed by atoms with Crippen LogP contribution in [0.1, 0.15) is 55.1 Å². The van der Waals surface area contributed by atoms with Crippen LogP contribution in [-0.4, -0.2) is 35.2 Å². The Kier molecular flexibility index (Phi) is 4.97. The molecule has 0 saturated heterocycles. The Hall–Kier alpha value is -3.66. The minimum Gasteiger partial charge on any atom is -0.362 e. The Labute approximate surface area is 194 Å². The molecule has 1 aromatic heterocycles. The normalized spacial score (nSPS) is 18.8. The smallest absolute Gasteiger partial charge is 0.249 e. The Morgan fingerprint density at radius 2 is 1.88 bits per heavy atom. The zero-order chi connectivity index (χ0) is 23.4. The summed E-state index contributed by atoms with van der Waals surface area (Å²) in [5, 5.41) is 23.8. The summed E-state index contributed by atoms with van der Waals surface area (Å²) in [7, 11) is 1.98. The van der Waals surface area contributed by atoms with Gasteiger partial charge in [0.2, 0.25) is 5.91 Å². The van der Waals surface area contributed by atoms with Crippen molar-refractivity contribution >= 4 is 33.9 Å². The van der Waals surface area contributed by atoms with Gasteiger partial charge in [-0.15, -0.1) is 5.10 Å². The Morgan fingerprint density at radius 1 is 1.15 bits per heavy atom. The molecular formula is C26H28N6O. The number of benzene rings is 2. The quantitative estimate of drug-likeness (QED) is 0.637. The number of rotatable bonds is 4. The molecule has 3 aromatic rings. The lowest BCUT2D eigenvalue weighted by molar-refractivity contribution is -0.119. The second kappa shape index (κ2) is 7.73. The zero-order valence-electron chi connectivity index (χ0n) is 19.7. The third-order valence-electron chi connectivity index (χ3n) is 7.10. The van der Waals surface area contributed by atoms with Crippen molar-refractivity contribution in [3.63, 3.8) is 0 Å². The van der Waals surface area contributed by atoms with Crippen molar-refractivity contribution in [3.8, 4) is 6.07 Å². The van der Waals surface area contributed by atoms with E-state index in [1.54, 1.807) is 0 Å². The van der Waals surface area contributed by atoms with Crippen molar-refractivity contribution in [2.45, 2.75) is 58.7 Å². The van der Waals surface area contributed by atoms with Gasteiger partial charge in [0.05, 0.1) is 34.7 Å². The van der Waals surface area contributed by atoms with Gasteiger partial charge in [0.15, 0.2) is 5.82 Å². The summed E-state index contributed by atoms with van der Waals surface area (Å²) >= 11 is 0. The predicted molar refractivity (Wildman–Crippen MR) is 131 cm³/mol. The zero-order valence-corrected chi connectivity index (χ0v) is 19.7. The SMILES string of the molecule is Cc1c(C#N)cccc1[C@@H](C)Nc1nnc(C)c2cc3c(cc12)N(C1CC1)C(=O)C(C)N3C. The molecule has 1 aliphatic carbocycles. The second-order valence-electron chi connectivity index (χ2n) is 9.24. The largest absolute Gasteiger partial charge is 0.362 e. The van der Waals surface area contributed by atoms with Crippen molar-refractivity contribution in [1.82, 2.24) is 10.2 Å². The Bertz CT molecular complexity index is 1320. The molecule has 0 bridgehead atoms. The van der Waals surface area contributed by atoms with Crippen LogP contribution in [0.5, 0.6) is 0 Å². The molecule has 1 saturated carbocycles. The molecule has 1 unspecified atom stereocenters. The molecule has 7 nitrogen and oxygen atoms in total. The van der Waals surface area contributed by atoms with Gasteiger partial charge in [-0.25, -0.2) is 0 Å². The first-order valence-electron chi connectivity index (χ1n) is 11.4. The summed E-state index contributed by atoms with van der Waals surface area (Å²) in [4.78, 5) is 17.2. The molecule has 33 heavy (non-hydrogen) atoms. The molecule has 1 fully saturated rings. The van der Waals surface area contributed by atoms with Gasteiger partial charge in [-0.3, -0.25) is 4.79 Å². The number of aromatic nitrogens is 2. The highest BCUT2D eigenvalue weighted by Crippen LogP contribution is 2.45. The number of nitrogens with zero attached hydrogens (tertiary/aromatic N) is 5. The molecule has 0 spiro atoms. The number of carbonyl (C=O) groups is 1. The second-order valence-corrected chi connectivity index (χ2v) is 9.24. The van der Waals surface area contributed by atoms with Crippen molar-refractivity contribution in [2.75, 3.05) is 22.2 Å². The summed E-state index contributed by atoms with van der Waals surface area (Å²) in [5.41, 5.74) is 5.53. The van der Waals surface area contributed by atoms with E-state index < -0.39 is 0 Å². The summed E-state index contributed by atoms with van der Waals surface area (Å²) in [6.07, 6.45) is 2.09. The number of amides is 1. The van der Waals surface area contributed by atoms with Crippen LogP contribution < -0.4 is 15.1 Å². The predicted octanol–water partition coefficient (Wildman–Crippen LogP) is 4.63. The topological polar surface area (TPSA) is 85.1 Å². The summed E-state index contributed by atoms with van der Waals surface area (Å²) in [5.74, 6) is 0.828. The highest BCUT2D eigenvalue weighted by molar-refractivity contribution is 6.10. The first kappa shape index (κ1) is 21.2. The molecule has 2 atom stereocenters. The fraction of sp³-hybridized carbons (Fsp3) is 0.385. The van der Waals surface area contributed by atoms with Gasteiger partial charge in [0.25, 0.3) is 0 Å². The maximum Gasteiger partial charge on any atom is 0.249 e. The van der Waals surface area contributed by atoms with Crippen LogP contribution in [-0.2, 0) is 4.79 Å². The van der Waals surface area contributed by atoms with Gasteiger partial charge in [0, 0.05) is 23.9 Å². The van der Waals surface area contributed by atoms with E-state index in [0.29, 0.717) is 11.4 Å². The molecule has 1 aliphatic heterocycles. The van der Waals surface area contributed by atoms with Gasteiger partial charge < -0.3 is 15.1 Å². The number of hydrogen-bond donors (Lipinski definition) is 1. The first-order chi connectivity index (χ1) is 15.8. The van der Waals surface area contributed by atoms with Gasteiger partial charge in [0.1, 0.15) is 6.04 Å². The lowest BCUT2D eigenvalue weighted by atomic mass is 9.98. The fourth-order valence-corrected chi connectivity index (χ4v) is 4.82. The van der Waals surface area contributed by atoms with Crippen molar-refractivity contribution in [2.24, 2.45) is 0 Å². The highest BCUT2D eigenvalue weighted by atomic mass is 16.2. The van der Waals surface area contributed by atoms with Crippen LogP contribution in [0.15, 0.2) is 30.3 Å². The molecule has 1 N–H and O–H groups in total. The Morgan fingerprint density at radius 3 is 2.58 bits per heavy atom. The highest BCUT2D eigenvalue weighted by Gasteiger charge is 2.42. The molecule has 0 radical (unpaired) electrons. The third-order valence-corrected chi connectivity index (χ3v) is 7.10. The number of hydrogen-bond acceptors (Lipinski definition) is 6. The Balaban J connectivity index is 1.62. The van der Waals surface area contributed by atoms with E-state index in [9.17, 15) is 10.1 Å². The fourth-order valence-electron chi connectivity index (χ4n) is 4.82. The molecule has 2 aliphatic rings. The summed E-state index contributed by atoms with van der Waals surface area (Å²) in [6, 6.07) is 12.3. The number of anilines is 3. The van der Waals surface area contributed by atoms with E-state index in [-0.39, 0.29) is 24.0 Å². The number of likely N-dealkylation sites (N-methyl/N-ethyl adjacent to an activating group) is 1. The number of nitriles is 1. The third kappa shape index (κ3) is 3.37. The van der Waals surface area contributed by atoms with Crippen LogP contribution in [0.2, 0.25) is 0 Å². The molecule has 7 heteroatoms. The van der Waals surface area contributed by atoms with Crippen molar-refractivity contribution < 1.29 is 4.79 Å².